The molecule has 2 heterocycles. The van der Waals surface area contributed by atoms with Crippen LogP contribution in [0, 0.1) is 20.8 Å². The maximum absolute atomic E-state index is 12.5. The van der Waals surface area contributed by atoms with Crippen LogP contribution < -0.4 is 4.74 Å². The lowest BCUT2D eigenvalue weighted by Gasteiger charge is -2.37. The van der Waals surface area contributed by atoms with Crippen molar-refractivity contribution in [3.63, 3.8) is 0 Å². The van der Waals surface area contributed by atoms with Crippen LogP contribution in [0.4, 0.5) is 0 Å². The van der Waals surface area contributed by atoms with E-state index in [2.05, 4.69) is 17.0 Å². The second-order valence-corrected chi connectivity index (χ2v) is 9.72. The third-order valence-corrected chi connectivity index (χ3v) is 7.09. The zero-order valence-corrected chi connectivity index (χ0v) is 16.6. The topological polar surface area (TPSA) is 66.9 Å². The minimum absolute atomic E-state index is 0.0110. The third-order valence-electron chi connectivity index (χ3n) is 5.34. The number of nitrogens with zero attached hydrogens (tertiary/aromatic N) is 2. The Bertz CT molecular complexity index is 760. The number of hydrogen-bond acceptors (Lipinski definition) is 5. The van der Waals surface area contributed by atoms with Crippen LogP contribution in [0.5, 0.6) is 5.75 Å². The van der Waals surface area contributed by atoms with Crippen LogP contribution in [-0.2, 0) is 14.6 Å². The molecule has 0 aliphatic carbocycles. The highest BCUT2D eigenvalue weighted by atomic mass is 32.2. The van der Waals surface area contributed by atoms with E-state index in [9.17, 15) is 13.2 Å². The molecule has 0 bridgehead atoms. The number of benzene rings is 1. The molecular formula is C19H28N2O4S. The van der Waals surface area contributed by atoms with Crippen molar-refractivity contribution in [2.45, 2.75) is 33.2 Å². The average molecular weight is 381 g/mol. The van der Waals surface area contributed by atoms with Crippen LogP contribution in [0.25, 0.3) is 0 Å². The van der Waals surface area contributed by atoms with Gasteiger partial charge in [-0.2, -0.15) is 0 Å². The zero-order valence-electron chi connectivity index (χ0n) is 15.8. The van der Waals surface area contributed by atoms with Gasteiger partial charge in [0.25, 0.3) is 5.91 Å². The lowest BCUT2D eigenvalue weighted by atomic mass is 10.1. The Labute approximate surface area is 156 Å². The molecule has 1 atom stereocenters. The number of hydrogen-bond donors (Lipinski definition) is 0. The molecule has 0 unspecified atom stereocenters. The molecule has 0 saturated carbocycles. The first-order chi connectivity index (χ1) is 12.2. The monoisotopic (exact) mass is 380 g/mol. The van der Waals surface area contributed by atoms with E-state index < -0.39 is 9.84 Å². The number of ether oxygens (including phenoxy) is 1. The van der Waals surface area contributed by atoms with Gasteiger partial charge in [0, 0.05) is 32.2 Å². The molecular weight excluding hydrogens is 352 g/mol. The molecule has 3 rings (SSSR count). The predicted octanol–water partition coefficient (Wildman–Crippen LogP) is 1.32. The van der Waals surface area contributed by atoms with E-state index in [0.717, 1.165) is 30.0 Å². The fraction of sp³-hybridized carbons (Fsp3) is 0.632. The molecule has 0 radical (unpaired) electrons. The number of aryl methyl sites for hydroxylation is 3. The smallest absolute Gasteiger partial charge is 0.260 e. The van der Waals surface area contributed by atoms with Crippen molar-refractivity contribution in [2.75, 3.05) is 44.3 Å². The summed E-state index contributed by atoms with van der Waals surface area (Å²) in [5.41, 5.74) is 3.27. The second-order valence-electron chi connectivity index (χ2n) is 7.49. The molecule has 26 heavy (non-hydrogen) atoms. The average Bonchev–Trinajstić information content (AvgIpc) is 2.94. The Morgan fingerprint density at radius 3 is 2.27 bits per heavy atom. The van der Waals surface area contributed by atoms with Gasteiger partial charge in [0.2, 0.25) is 0 Å². The lowest BCUT2D eigenvalue weighted by Crippen LogP contribution is -2.53. The maximum atomic E-state index is 12.5. The van der Waals surface area contributed by atoms with Gasteiger partial charge in [-0.15, -0.1) is 0 Å². The summed E-state index contributed by atoms with van der Waals surface area (Å²) in [6.45, 7) is 8.80. The second kappa shape index (κ2) is 7.56. The number of carbonyl (C=O) groups is 1. The van der Waals surface area contributed by atoms with Gasteiger partial charge >= 0.3 is 0 Å². The van der Waals surface area contributed by atoms with Gasteiger partial charge in [-0.3, -0.25) is 9.69 Å². The Morgan fingerprint density at radius 2 is 1.73 bits per heavy atom. The van der Waals surface area contributed by atoms with Crippen molar-refractivity contribution in [1.29, 1.82) is 0 Å². The van der Waals surface area contributed by atoms with Crippen LogP contribution in [0.1, 0.15) is 23.1 Å². The zero-order chi connectivity index (χ0) is 18.9. The van der Waals surface area contributed by atoms with E-state index in [1.807, 2.05) is 25.7 Å². The molecule has 144 valence electrons. The molecule has 1 amide bonds. The first kappa shape index (κ1) is 19.2. The number of sulfone groups is 1. The van der Waals surface area contributed by atoms with Crippen molar-refractivity contribution in [2.24, 2.45) is 0 Å². The summed E-state index contributed by atoms with van der Waals surface area (Å²) in [4.78, 5) is 16.5. The highest BCUT2D eigenvalue weighted by Gasteiger charge is 2.34. The van der Waals surface area contributed by atoms with Crippen molar-refractivity contribution < 1.29 is 17.9 Å². The summed E-state index contributed by atoms with van der Waals surface area (Å²) >= 11 is 0. The predicted molar refractivity (Wildman–Crippen MR) is 101 cm³/mol. The van der Waals surface area contributed by atoms with E-state index in [4.69, 9.17) is 4.74 Å². The van der Waals surface area contributed by atoms with Crippen molar-refractivity contribution in [3.8, 4) is 5.75 Å². The number of carbonyl (C=O) groups excluding carboxylic acids is 1. The standard InChI is InChI=1S/C19H28N2O4S/c1-14-10-15(2)19(16(3)11-14)25-12-18(22)21-7-5-20(6-8-21)17-4-9-26(23,24)13-17/h10-11,17H,4-9,12-13H2,1-3H3/t17-/m0/s1. The highest BCUT2D eigenvalue weighted by molar-refractivity contribution is 7.91. The highest BCUT2D eigenvalue weighted by Crippen LogP contribution is 2.24. The van der Waals surface area contributed by atoms with E-state index in [1.165, 1.54) is 5.56 Å². The minimum atomic E-state index is -2.87. The van der Waals surface area contributed by atoms with Gasteiger partial charge in [-0.05, 0) is 38.3 Å². The molecule has 6 nitrogen and oxygen atoms in total. The van der Waals surface area contributed by atoms with Gasteiger partial charge in [0.05, 0.1) is 11.5 Å². The normalized spacial score (nSPS) is 23.2. The fourth-order valence-corrected chi connectivity index (χ4v) is 5.78. The summed E-state index contributed by atoms with van der Waals surface area (Å²) in [5, 5.41) is 0. The summed E-state index contributed by atoms with van der Waals surface area (Å²) in [6.07, 6.45) is 0.714. The van der Waals surface area contributed by atoms with Crippen molar-refractivity contribution in [1.82, 2.24) is 9.80 Å². The number of amides is 1. The van der Waals surface area contributed by atoms with Gasteiger partial charge in [0.1, 0.15) is 5.75 Å². The molecule has 2 aliphatic heterocycles. The molecule has 2 fully saturated rings. The Hall–Kier alpha value is -1.60. The van der Waals surface area contributed by atoms with E-state index in [1.54, 1.807) is 0 Å². The summed E-state index contributed by atoms with van der Waals surface area (Å²) < 4.78 is 29.1. The largest absolute Gasteiger partial charge is 0.483 e. The maximum Gasteiger partial charge on any atom is 0.260 e. The summed E-state index contributed by atoms with van der Waals surface area (Å²) in [5.74, 6) is 1.33. The number of piperazine rings is 1. The molecule has 1 aromatic carbocycles. The third kappa shape index (κ3) is 4.38. The molecule has 2 saturated heterocycles. The summed E-state index contributed by atoms with van der Waals surface area (Å²) in [6, 6.07) is 4.23. The van der Waals surface area contributed by atoms with Crippen LogP contribution in [0.2, 0.25) is 0 Å². The van der Waals surface area contributed by atoms with Gasteiger partial charge in [-0.25, -0.2) is 8.42 Å². The Balaban J connectivity index is 1.50. The molecule has 0 N–H and O–H groups in total. The van der Waals surface area contributed by atoms with Gasteiger partial charge < -0.3 is 9.64 Å². The van der Waals surface area contributed by atoms with E-state index in [0.29, 0.717) is 25.3 Å². The Kier molecular flexibility index (Phi) is 5.58. The van der Waals surface area contributed by atoms with Crippen LogP contribution in [0.15, 0.2) is 12.1 Å². The molecule has 2 aliphatic rings. The minimum Gasteiger partial charge on any atom is -0.483 e. The van der Waals surface area contributed by atoms with Gasteiger partial charge in [-0.1, -0.05) is 17.7 Å². The molecule has 0 aromatic heterocycles. The van der Waals surface area contributed by atoms with Crippen LogP contribution in [0.3, 0.4) is 0 Å². The van der Waals surface area contributed by atoms with Crippen LogP contribution in [-0.4, -0.2) is 74.5 Å². The van der Waals surface area contributed by atoms with E-state index in [-0.39, 0.29) is 24.3 Å². The lowest BCUT2D eigenvalue weighted by molar-refractivity contribution is -0.135. The van der Waals surface area contributed by atoms with Gasteiger partial charge in [0.15, 0.2) is 16.4 Å². The van der Waals surface area contributed by atoms with Crippen LogP contribution >= 0.6 is 0 Å². The first-order valence-corrected chi connectivity index (χ1v) is 11.0. The molecule has 7 heteroatoms. The van der Waals surface area contributed by atoms with Crippen molar-refractivity contribution >= 4 is 15.7 Å². The summed E-state index contributed by atoms with van der Waals surface area (Å²) in [7, 11) is -2.87. The Morgan fingerprint density at radius 1 is 1.12 bits per heavy atom. The quantitative estimate of drug-likeness (QED) is 0.788. The number of rotatable bonds is 4. The molecule has 1 aromatic rings. The van der Waals surface area contributed by atoms with Crippen molar-refractivity contribution in [3.05, 3.63) is 28.8 Å². The fourth-order valence-electron chi connectivity index (χ4n) is 4.02. The SMILES string of the molecule is Cc1cc(C)c(OCC(=O)N2CCN([C@H]3CCS(=O)(=O)C3)CC2)c(C)c1. The van der Waals surface area contributed by atoms with E-state index >= 15 is 0 Å². The molecule has 0 spiro atoms. The first-order valence-electron chi connectivity index (χ1n) is 9.18.